The van der Waals surface area contributed by atoms with Crippen LogP contribution in [-0.2, 0) is 6.42 Å². The Balaban J connectivity index is 2.40. The Morgan fingerprint density at radius 1 is 1.12 bits per heavy atom. The Bertz CT molecular complexity index is 885. The van der Waals surface area contributed by atoms with Gasteiger partial charge in [-0.2, -0.15) is 0 Å². The topological polar surface area (TPSA) is 26.3 Å². The van der Waals surface area contributed by atoms with Gasteiger partial charge in [-0.15, -0.1) is 0 Å². The minimum Gasteiger partial charge on any atom is -0.494 e. The number of fused-ring (bicyclic) bond motifs is 1. The van der Waals surface area contributed by atoms with Gasteiger partial charge in [0.15, 0.2) is 17.9 Å². The minimum absolute atomic E-state index is 0.189. The summed E-state index contributed by atoms with van der Waals surface area (Å²) in [6.45, 7) is 2.10. The first-order valence-electron chi connectivity index (χ1n) is 8.03. The van der Waals surface area contributed by atoms with Crippen LogP contribution in [0.2, 0.25) is 0 Å². The van der Waals surface area contributed by atoms with Gasteiger partial charge in [-0.3, -0.25) is 4.79 Å². The Morgan fingerprint density at radius 2 is 1.88 bits per heavy atom. The van der Waals surface area contributed by atoms with Crippen molar-refractivity contribution in [3.63, 3.8) is 0 Å². The van der Waals surface area contributed by atoms with E-state index in [1.807, 2.05) is 36.4 Å². The molecule has 0 unspecified atom stereocenters. The quantitative estimate of drug-likeness (QED) is 0.586. The predicted octanol–water partition coefficient (Wildman–Crippen LogP) is 5.42. The summed E-state index contributed by atoms with van der Waals surface area (Å²) in [5.41, 5.74) is 3.49. The number of methoxy groups -OCH3 is 1. The molecule has 0 N–H and O–H groups in total. The van der Waals surface area contributed by atoms with Crippen LogP contribution in [0.25, 0.3) is 21.9 Å². The molecule has 3 aromatic carbocycles. The highest BCUT2D eigenvalue weighted by Crippen LogP contribution is 2.36. The standard InChI is InChI=1S/C21H19FO2/c1-3-7-15-10-16-11-20(24-2)19(22)12-17(16)18(13-23)21(15)14-8-5-4-6-9-14/h4-6,8-13H,3,7H2,1-2H3. The van der Waals surface area contributed by atoms with Crippen molar-refractivity contribution >= 4 is 17.1 Å². The number of carbonyl (C=O) groups excluding carboxylic acids is 1. The molecule has 2 nitrogen and oxygen atoms in total. The highest BCUT2D eigenvalue weighted by atomic mass is 19.1. The van der Waals surface area contributed by atoms with Gasteiger partial charge in [0, 0.05) is 5.56 Å². The van der Waals surface area contributed by atoms with Gasteiger partial charge in [-0.1, -0.05) is 49.7 Å². The number of hydrogen-bond donors (Lipinski definition) is 0. The molecule has 0 fully saturated rings. The Labute approximate surface area is 140 Å². The van der Waals surface area contributed by atoms with E-state index in [0.29, 0.717) is 10.9 Å². The maximum absolute atomic E-state index is 14.2. The van der Waals surface area contributed by atoms with Crippen LogP contribution in [0, 0.1) is 5.82 Å². The molecule has 3 heteroatoms. The summed E-state index contributed by atoms with van der Waals surface area (Å²) in [5, 5.41) is 1.43. The number of halogens is 1. The van der Waals surface area contributed by atoms with E-state index in [-0.39, 0.29) is 5.75 Å². The summed E-state index contributed by atoms with van der Waals surface area (Å²) in [6, 6.07) is 14.9. The third-order valence-corrected chi connectivity index (χ3v) is 4.23. The van der Waals surface area contributed by atoms with Gasteiger partial charge >= 0.3 is 0 Å². The highest BCUT2D eigenvalue weighted by molar-refractivity contribution is 6.06. The average Bonchev–Trinajstić information content (AvgIpc) is 2.61. The third-order valence-electron chi connectivity index (χ3n) is 4.23. The molecule has 0 aromatic heterocycles. The van der Waals surface area contributed by atoms with Crippen LogP contribution in [0.15, 0.2) is 48.5 Å². The second-order valence-electron chi connectivity index (χ2n) is 5.77. The van der Waals surface area contributed by atoms with Crippen molar-refractivity contribution in [3.8, 4) is 16.9 Å². The lowest BCUT2D eigenvalue weighted by Crippen LogP contribution is -1.99. The van der Waals surface area contributed by atoms with E-state index in [4.69, 9.17) is 4.74 Å². The van der Waals surface area contributed by atoms with E-state index >= 15 is 0 Å². The van der Waals surface area contributed by atoms with Gasteiger partial charge in [0.1, 0.15) is 0 Å². The predicted molar refractivity (Wildman–Crippen MR) is 95.3 cm³/mol. The van der Waals surface area contributed by atoms with Crippen LogP contribution in [-0.4, -0.2) is 13.4 Å². The number of benzene rings is 3. The zero-order valence-corrected chi connectivity index (χ0v) is 13.8. The van der Waals surface area contributed by atoms with Crippen molar-refractivity contribution in [2.24, 2.45) is 0 Å². The normalized spacial score (nSPS) is 10.8. The summed E-state index contributed by atoms with van der Waals surface area (Å²) in [4.78, 5) is 11.9. The number of hydrogen-bond acceptors (Lipinski definition) is 2. The monoisotopic (exact) mass is 322 g/mol. The zero-order chi connectivity index (χ0) is 17.1. The molecule has 0 saturated heterocycles. The second-order valence-corrected chi connectivity index (χ2v) is 5.77. The molecule has 0 aliphatic rings. The lowest BCUT2D eigenvalue weighted by atomic mass is 9.88. The van der Waals surface area contributed by atoms with E-state index < -0.39 is 5.82 Å². The maximum Gasteiger partial charge on any atom is 0.165 e. The Hall–Kier alpha value is -2.68. The zero-order valence-electron chi connectivity index (χ0n) is 13.8. The summed E-state index contributed by atoms with van der Waals surface area (Å²) in [5.74, 6) is -0.274. The van der Waals surface area contributed by atoms with Crippen molar-refractivity contribution in [2.75, 3.05) is 7.11 Å². The van der Waals surface area contributed by atoms with Crippen LogP contribution in [0.4, 0.5) is 4.39 Å². The SMILES string of the molecule is CCCc1cc2cc(OC)c(F)cc2c(C=O)c1-c1ccccc1. The van der Waals surface area contributed by atoms with Crippen molar-refractivity contribution in [3.05, 3.63) is 65.5 Å². The number of aldehydes is 1. The van der Waals surface area contributed by atoms with Crippen molar-refractivity contribution in [1.29, 1.82) is 0 Å². The molecular formula is C21H19FO2. The lowest BCUT2D eigenvalue weighted by Gasteiger charge is -2.16. The van der Waals surface area contributed by atoms with E-state index in [9.17, 15) is 9.18 Å². The van der Waals surface area contributed by atoms with Crippen molar-refractivity contribution in [2.45, 2.75) is 19.8 Å². The van der Waals surface area contributed by atoms with Gasteiger partial charge < -0.3 is 4.74 Å². The molecule has 0 amide bonds. The van der Waals surface area contributed by atoms with E-state index in [0.717, 1.165) is 41.2 Å². The van der Waals surface area contributed by atoms with Crippen LogP contribution in [0.3, 0.4) is 0 Å². The molecule has 24 heavy (non-hydrogen) atoms. The Kier molecular flexibility index (Phi) is 4.61. The first-order valence-corrected chi connectivity index (χ1v) is 8.03. The summed E-state index contributed by atoms with van der Waals surface area (Å²) in [7, 11) is 1.44. The van der Waals surface area contributed by atoms with Gasteiger partial charge in [-0.25, -0.2) is 4.39 Å². The number of carbonyl (C=O) groups is 1. The third kappa shape index (κ3) is 2.78. The average molecular weight is 322 g/mol. The van der Waals surface area contributed by atoms with Crippen LogP contribution < -0.4 is 4.74 Å². The molecule has 0 saturated carbocycles. The molecule has 3 aromatic rings. The van der Waals surface area contributed by atoms with E-state index in [2.05, 4.69) is 6.92 Å². The molecule has 0 atom stereocenters. The fraction of sp³-hybridized carbons (Fsp3) is 0.190. The van der Waals surface area contributed by atoms with Crippen molar-refractivity contribution in [1.82, 2.24) is 0 Å². The lowest BCUT2D eigenvalue weighted by molar-refractivity contribution is 0.112. The van der Waals surface area contributed by atoms with Crippen LogP contribution >= 0.6 is 0 Å². The first-order chi connectivity index (χ1) is 11.7. The molecular weight excluding hydrogens is 303 g/mol. The molecule has 0 aliphatic heterocycles. The van der Waals surface area contributed by atoms with Crippen LogP contribution in [0.1, 0.15) is 29.3 Å². The summed E-state index contributed by atoms with van der Waals surface area (Å²) >= 11 is 0. The van der Waals surface area contributed by atoms with Crippen LogP contribution in [0.5, 0.6) is 5.75 Å². The molecule has 3 rings (SSSR count). The van der Waals surface area contributed by atoms with Gasteiger partial charge in [-0.05, 0) is 46.0 Å². The van der Waals surface area contributed by atoms with Gasteiger partial charge in [0.25, 0.3) is 0 Å². The fourth-order valence-corrected chi connectivity index (χ4v) is 3.18. The summed E-state index contributed by atoms with van der Waals surface area (Å²) in [6.07, 6.45) is 2.64. The molecule has 0 aliphatic carbocycles. The van der Waals surface area contributed by atoms with Gasteiger partial charge in [0.05, 0.1) is 7.11 Å². The number of rotatable bonds is 5. The van der Waals surface area contributed by atoms with E-state index in [1.54, 1.807) is 6.07 Å². The first kappa shape index (κ1) is 16.2. The summed E-state index contributed by atoms with van der Waals surface area (Å²) < 4.78 is 19.3. The number of aryl methyl sites for hydroxylation is 1. The molecule has 0 bridgehead atoms. The molecule has 122 valence electrons. The molecule has 0 radical (unpaired) electrons. The molecule has 0 heterocycles. The largest absolute Gasteiger partial charge is 0.494 e. The highest BCUT2D eigenvalue weighted by Gasteiger charge is 2.16. The fourth-order valence-electron chi connectivity index (χ4n) is 3.18. The number of ether oxygens (including phenoxy) is 1. The Morgan fingerprint density at radius 3 is 2.50 bits per heavy atom. The smallest absolute Gasteiger partial charge is 0.165 e. The van der Waals surface area contributed by atoms with Crippen molar-refractivity contribution < 1.29 is 13.9 Å². The second kappa shape index (κ2) is 6.83. The minimum atomic E-state index is -0.463. The molecule has 0 spiro atoms. The van der Waals surface area contributed by atoms with E-state index in [1.165, 1.54) is 13.2 Å². The maximum atomic E-state index is 14.2. The van der Waals surface area contributed by atoms with Gasteiger partial charge in [0.2, 0.25) is 0 Å².